The van der Waals surface area contributed by atoms with Crippen LogP contribution in [-0.2, 0) is 4.79 Å². The van der Waals surface area contributed by atoms with Crippen LogP contribution in [0.1, 0.15) is 54.1 Å². The summed E-state index contributed by atoms with van der Waals surface area (Å²) in [5.74, 6) is 0.684. The number of ether oxygens (including phenoxy) is 2. The monoisotopic (exact) mass is 322 g/mol. The molecule has 0 N–H and O–H groups in total. The molecule has 0 radical (unpaired) electrons. The number of carbonyl (C=O) groups excluding carboxylic acids is 2. The summed E-state index contributed by atoms with van der Waals surface area (Å²) < 4.78 is 11.6. The molecule has 0 aliphatic carbocycles. The van der Waals surface area contributed by atoms with Crippen molar-refractivity contribution in [1.29, 1.82) is 0 Å². The lowest BCUT2D eigenvalue weighted by Crippen LogP contribution is -2.37. The first-order valence-corrected chi connectivity index (χ1v) is 8.09. The molecule has 0 spiro atoms. The number of hydrogen-bond donors (Lipinski definition) is 0. The van der Waals surface area contributed by atoms with Crippen LogP contribution in [0.5, 0.6) is 11.5 Å². The van der Waals surface area contributed by atoms with Crippen LogP contribution in [0, 0.1) is 0 Å². The summed E-state index contributed by atoms with van der Waals surface area (Å²) in [5, 5.41) is 0. The highest BCUT2D eigenvalue weighted by Crippen LogP contribution is 2.48. The summed E-state index contributed by atoms with van der Waals surface area (Å²) in [6.07, 6.45) is 0.583. The second-order valence-electron chi connectivity index (χ2n) is 6.96. The van der Waals surface area contributed by atoms with E-state index in [9.17, 15) is 9.59 Å². The molecule has 1 unspecified atom stereocenters. The molecule has 24 heavy (non-hydrogen) atoms. The van der Waals surface area contributed by atoms with Gasteiger partial charge in [0, 0.05) is 11.5 Å². The molecule has 4 heteroatoms. The molecule has 122 valence electrons. The van der Waals surface area contributed by atoms with E-state index in [4.69, 9.17) is 9.47 Å². The van der Waals surface area contributed by atoms with Crippen LogP contribution in [-0.4, -0.2) is 17.4 Å². The van der Waals surface area contributed by atoms with Crippen LogP contribution < -0.4 is 9.47 Å². The van der Waals surface area contributed by atoms with Crippen LogP contribution in [0.25, 0.3) is 0 Å². The maximum absolute atomic E-state index is 12.5. The predicted molar refractivity (Wildman–Crippen MR) is 88.6 cm³/mol. The molecule has 0 aromatic heterocycles. The Morgan fingerprint density at radius 1 is 1.04 bits per heavy atom. The third kappa shape index (κ3) is 2.39. The summed E-state index contributed by atoms with van der Waals surface area (Å²) in [7, 11) is 0. The topological polar surface area (TPSA) is 52.6 Å². The van der Waals surface area contributed by atoms with Gasteiger partial charge < -0.3 is 9.47 Å². The Morgan fingerprint density at radius 2 is 1.79 bits per heavy atom. The lowest BCUT2D eigenvalue weighted by Gasteiger charge is -2.36. The Hall–Kier alpha value is -2.62. The van der Waals surface area contributed by atoms with E-state index in [1.165, 1.54) is 0 Å². The number of fused-ring (bicyclic) bond motifs is 3. The average molecular weight is 322 g/mol. The predicted octanol–water partition coefficient (Wildman–Crippen LogP) is 3.87. The maximum atomic E-state index is 12.5. The van der Waals surface area contributed by atoms with Gasteiger partial charge in [-0.05, 0) is 31.5 Å². The van der Waals surface area contributed by atoms with Crippen molar-refractivity contribution in [1.82, 2.24) is 0 Å². The van der Waals surface area contributed by atoms with Gasteiger partial charge in [-0.3, -0.25) is 9.59 Å². The van der Waals surface area contributed by atoms with Crippen molar-refractivity contribution >= 4 is 11.8 Å². The number of Topliss-reactive ketones (excluding diaryl/α,β-unsaturated/α-hetero) is 1. The van der Waals surface area contributed by atoms with E-state index in [1.54, 1.807) is 12.1 Å². The quantitative estimate of drug-likeness (QED) is 0.591. The Morgan fingerprint density at radius 3 is 2.54 bits per heavy atom. The largest absolute Gasteiger partial charge is 0.486 e. The van der Waals surface area contributed by atoms with Gasteiger partial charge in [-0.25, -0.2) is 0 Å². The van der Waals surface area contributed by atoms with Crippen molar-refractivity contribution in [2.24, 2.45) is 0 Å². The maximum Gasteiger partial charge on any atom is 0.312 e. The van der Waals surface area contributed by atoms with E-state index in [2.05, 4.69) is 0 Å². The molecule has 4 rings (SSSR count). The summed E-state index contributed by atoms with van der Waals surface area (Å²) in [6.45, 7) is 3.80. The second kappa shape index (κ2) is 5.20. The number of rotatable bonds is 1. The van der Waals surface area contributed by atoms with Crippen LogP contribution in [0.2, 0.25) is 0 Å². The average Bonchev–Trinajstić information content (AvgIpc) is 2.53. The first kappa shape index (κ1) is 14.9. The fourth-order valence-electron chi connectivity index (χ4n) is 3.53. The van der Waals surface area contributed by atoms with Gasteiger partial charge >= 0.3 is 5.97 Å². The van der Waals surface area contributed by atoms with E-state index in [0.29, 0.717) is 23.5 Å². The lowest BCUT2D eigenvalue weighted by molar-refractivity contribution is -0.135. The van der Waals surface area contributed by atoms with Gasteiger partial charge in [0.25, 0.3) is 0 Å². The van der Waals surface area contributed by atoms with Gasteiger partial charge in [0.05, 0.1) is 18.4 Å². The molecule has 2 heterocycles. The molecular weight excluding hydrogens is 304 g/mol. The van der Waals surface area contributed by atoms with Crippen LogP contribution >= 0.6 is 0 Å². The minimum absolute atomic E-state index is 0.0627. The van der Waals surface area contributed by atoms with Crippen molar-refractivity contribution < 1.29 is 19.1 Å². The minimum Gasteiger partial charge on any atom is -0.486 e. The Kier molecular flexibility index (Phi) is 3.23. The molecule has 1 atom stereocenters. The van der Waals surface area contributed by atoms with Crippen LogP contribution in [0.15, 0.2) is 42.5 Å². The zero-order chi connectivity index (χ0) is 16.9. The Bertz CT molecular complexity index is 836. The number of ketones is 1. The highest BCUT2D eigenvalue weighted by Gasteiger charge is 2.39. The van der Waals surface area contributed by atoms with E-state index in [0.717, 1.165) is 11.1 Å². The fraction of sp³-hybridized carbons (Fsp3) is 0.300. The van der Waals surface area contributed by atoms with Gasteiger partial charge in [-0.1, -0.05) is 30.3 Å². The van der Waals surface area contributed by atoms with E-state index in [-0.39, 0.29) is 24.1 Å². The van der Waals surface area contributed by atoms with Crippen LogP contribution in [0.4, 0.5) is 0 Å². The Labute approximate surface area is 140 Å². The zero-order valence-corrected chi connectivity index (χ0v) is 13.7. The van der Waals surface area contributed by atoms with Crippen molar-refractivity contribution in [3.63, 3.8) is 0 Å². The van der Waals surface area contributed by atoms with Crippen molar-refractivity contribution in [2.75, 3.05) is 0 Å². The smallest absolute Gasteiger partial charge is 0.312 e. The number of carbonyl (C=O) groups is 2. The van der Waals surface area contributed by atoms with Gasteiger partial charge in [-0.2, -0.15) is 0 Å². The first-order valence-electron chi connectivity index (χ1n) is 8.09. The minimum atomic E-state index is -0.568. The van der Waals surface area contributed by atoms with Gasteiger partial charge in [0.1, 0.15) is 17.1 Å². The van der Waals surface area contributed by atoms with Gasteiger partial charge in [0.2, 0.25) is 0 Å². The van der Waals surface area contributed by atoms with Gasteiger partial charge in [-0.15, -0.1) is 0 Å². The summed E-state index contributed by atoms with van der Waals surface area (Å²) >= 11 is 0. The summed E-state index contributed by atoms with van der Waals surface area (Å²) in [5.41, 5.74) is 1.83. The molecule has 2 aromatic rings. The molecule has 0 bridgehead atoms. The number of benzene rings is 2. The van der Waals surface area contributed by atoms with Crippen molar-refractivity contribution in [2.45, 2.75) is 38.2 Å². The number of hydrogen-bond acceptors (Lipinski definition) is 4. The third-order valence-corrected chi connectivity index (χ3v) is 4.57. The molecule has 0 amide bonds. The van der Waals surface area contributed by atoms with Crippen LogP contribution in [0.3, 0.4) is 0 Å². The zero-order valence-electron chi connectivity index (χ0n) is 13.7. The standard InChI is InChI=1S/C20H18O4/c1-20(2)11-15(21)13-8-9-16-18(19(13)24-20)14(10-17(22)23-16)12-6-4-3-5-7-12/h3-9,14H,10-11H2,1-2H3. The first-order chi connectivity index (χ1) is 11.4. The van der Waals surface area contributed by atoms with E-state index < -0.39 is 5.60 Å². The lowest BCUT2D eigenvalue weighted by atomic mass is 9.82. The molecule has 0 fully saturated rings. The molecule has 2 aliphatic heterocycles. The number of esters is 1. The van der Waals surface area contributed by atoms with Gasteiger partial charge in [0.15, 0.2) is 5.78 Å². The summed E-state index contributed by atoms with van der Waals surface area (Å²) in [6, 6.07) is 13.2. The third-order valence-electron chi connectivity index (χ3n) is 4.57. The van der Waals surface area contributed by atoms with E-state index in [1.807, 2.05) is 44.2 Å². The molecule has 0 saturated heterocycles. The second-order valence-corrected chi connectivity index (χ2v) is 6.96. The van der Waals surface area contributed by atoms with E-state index >= 15 is 0 Å². The molecule has 2 aromatic carbocycles. The molecular formula is C20H18O4. The Balaban J connectivity index is 1.94. The SMILES string of the molecule is CC1(C)CC(=O)c2ccc3c(c2O1)C(c1ccccc1)CC(=O)O3. The molecule has 0 saturated carbocycles. The highest BCUT2D eigenvalue weighted by molar-refractivity contribution is 6.01. The molecule has 4 nitrogen and oxygen atoms in total. The molecule has 2 aliphatic rings. The fourth-order valence-corrected chi connectivity index (χ4v) is 3.53. The normalized spacial score (nSPS) is 21.3. The van der Waals surface area contributed by atoms with Crippen molar-refractivity contribution in [3.8, 4) is 11.5 Å². The van der Waals surface area contributed by atoms with Crippen molar-refractivity contribution in [3.05, 3.63) is 59.2 Å². The highest BCUT2D eigenvalue weighted by atomic mass is 16.5. The summed E-state index contributed by atoms with van der Waals surface area (Å²) in [4.78, 5) is 24.5.